The highest BCUT2D eigenvalue weighted by Crippen LogP contribution is 2.26. The first-order valence-corrected chi connectivity index (χ1v) is 9.29. The SMILES string of the molecule is COc1ccccc1[C@@H](CNS(=O)(=O)Cc1ccc(C)cc1)OC. The Balaban J connectivity index is 2.05. The predicted octanol–water partition coefficient (Wildman–Crippen LogP) is 2.81. The van der Waals surface area contributed by atoms with E-state index in [9.17, 15) is 8.42 Å². The van der Waals surface area contributed by atoms with Crippen LogP contribution < -0.4 is 9.46 Å². The Bertz CT molecular complexity index is 757. The molecular formula is C18H23NO4S. The number of sulfonamides is 1. The zero-order chi connectivity index (χ0) is 17.6. The third-order valence-corrected chi connectivity index (χ3v) is 5.06. The lowest BCUT2D eigenvalue weighted by Gasteiger charge is -2.19. The van der Waals surface area contributed by atoms with Gasteiger partial charge in [-0.05, 0) is 18.6 Å². The van der Waals surface area contributed by atoms with Crippen molar-refractivity contribution in [2.24, 2.45) is 0 Å². The van der Waals surface area contributed by atoms with Gasteiger partial charge in [-0.1, -0.05) is 48.0 Å². The summed E-state index contributed by atoms with van der Waals surface area (Å²) in [5, 5.41) is 0. The maximum Gasteiger partial charge on any atom is 0.215 e. The van der Waals surface area contributed by atoms with Crippen LogP contribution in [-0.4, -0.2) is 29.2 Å². The molecule has 0 spiro atoms. The van der Waals surface area contributed by atoms with Crippen molar-refractivity contribution in [3.05, 3.63) is 65.2 Å². The maximum absolute atomic E-state index is 12.3. The van der Waals surface area contributed by atoms with Crippen LogP contribution in [0, 0.1) is 6.92 Å². The van der Waals surface area contributed by atoms with Gasteiger partial charge >= 0.3 is 0 Å². The quantitative estimate of drug-likeness (QED) is 0.796. The molecule has 0 saturated carbocycles. The monoisotopic (exact) mass is 349 g/mol. The maximum atomic E-state index is 12.3. The Morgan fingerprint density at radius 2 is 1.71 bits per heavy atom. The molecule has 2 aromatic rings. The van der Waals surface area contributed by atoms with Crippen molar-refractivity contribution in [1.82, 2.24) is 4.72 Å². The van der Waals surface area contributed by atoms with Crippen molar-refractivity contribution in [3.63, 3.8) is 0 Å². The molecule has 24 heavy (non-hydrogen) atoms. The highest BCUT2D eigenvalue weighted by Gasteiger charge is 2.19. The normalized spacial score (nSPS) is 12.8. The van der Waals surface area contributed by atoms with Crippen LogP contribution in [0.4, 0.5) is 0 Å². The largest absolute Gasteiger partial charge is 0.496 e. The fraction of sp³-hybridized carbons (Fsp3) is 0.333. The lowest BCUT2D eigenvalue weighted by molar-refractivity contribution is 0.105. The van der Waals surface area contributed by atoms with Crippen molar-refractivity contribution >= 4 is 10.0 Å². The summed E-state index contributed by atoms with van der Waals surface area (Å²) >= 11 is 0. The molecule has 0 radical (unpaired) electrons. The van der Waals surface area contributed by atoms with Crippen LogP contribution in [0.2, 0.25) is 0 Å². The lowest BCUT2D eigenvalue weighted by atomic mass is 10.1. The van der Waals surface area contributed by atoms with Crippen molar-refractivity contribution in [2.45, 2.75) is 18.8 Å². The van der Waals surface area contributed by atoms with Crippen LogP contribution in [0.5, 0.6) is 5.75 Å². The number of methoxy groups -OCH3 is 2. The smallest absolute Gasteiger partial charge is 0.215 e. The second-order valence-electron chi connectivity index (χ2n) is 5.56. The number of rotatable bonds is 8. The van der Waals surface area contributed by atoms with Gasteiger partial charge in [-0.15, -0.1) is 0 Å². The van der Waals surface area contributed by atoms with Crippen LogP contribution in [0.25, 0.3) is 0 Å². The highest BCUT2D eigenvalue weighted by molar-refractivity contribution is 7.88. The zero-order valence-corrected chi connectivity index (χ0v) is 15.0. The van der Waals surface area contributed by atoms with Gasteiger partial charge in [-0.2, -0.15) is 0 Å². The summed E-state index contributed by atoms with van der Waals surface area (Å²) in [6, 6.07) is 14.9. The van der Waals surface area contributed by atoms with Crippen LogP contribution in [0.15, 0.2) is 48.5 Å². The van der Waals surface area contributed by atoms with Crippen molar-refractivity contribution in [3.8, 4) is 5.75 Å². The highest BCUT2D eigenvalue weighted by atomic mass is 32.2. The van der Waals surface area contributed by atoms with E-state index in [-0.39, 0.29) is 12.3 Å². The summed E-state index contributed by atoms with van der Waals surface area (Å²) in [7, 11) is -0.328. The number of aryl methyl sites for hydroxylation is 1. The van der Waals surface area contributed by atoms with Gasteiger partial charge in [0.15, 0.2) is 0 Å². The van der Waals surface area contributed by atoms with Gasteiger partial charge in [-0.25, -0.2) is 13.1 Å². The molecule has 2 rings (SSSR count). The summed E-state index contributed by atoms with van der Waals surface area (Å²) in [5.41, 5.74) is 2.65. The van der Waals surface area contributed by atoms with E-state index in [1.165, 1.54) is 0 Å². The standard InChI is InChI=1S/C18H23NO4S/c1-14-8-10-15(11-9-14)13-24(20,21)19-12-18(23-3)16-6-4-5-7-17(16)22-2/h4-11,18-19H,12-13H2,1-3H3/t18-/m1/s1. The van der Waals surface area contributed by atoms with E-state index in [2.05, 4.69) is 4.72 Å². The second kappa shape index (κ2) is 8.28. The molecule has 2 aromatic carbocycles. The molecule has 130 valence electrons. The van der Waals surface area contributed by atoms with Gasteiger partial charge in [0.2, 0.25) is 10.0 Å². The summed E-state index contributed by atoms with van der Waals surface area (Å²) in [4.78, 5) is 0. The molecule has 0 aliphatic rings. The number of benzene rings is 2. The van der Waals surface area contributed by atoms with E-state index >= 15 is 0 Å². The van der Waals surface area contributed by atoms with E-state index in [4.69, 9.17) is 9.47 Å². The third kappa shape index (κ3) is 5.06. The van der Waals surface area contributed by atoms with E-state index in [0.29, 0.717) is 5.75 Å². The van der Waals surface area contributed by atoms with Gasteiger partial charge in [0.1, 0.15) is 5.75 Å². The summed E-state index contributed by atoms with van der Waals surface area (Å²) in [6.07, 6.45) is -0.422. The number of nitrogens with one attached hydrogen (secondary N) is 1. The molecule has 0 aromatic heterocycles. The molecule has 0 fully saturated rings. The molecule has 6 heteroatoms. The number of para-hydroxylation sites is 1. The van der Waals surface area contributed by atoms with Gasteiger partial charge in [-0.3, -0.25) is 0 Å². The van der Waals surface area contributed by atoms with Crippen LogP contribution in [0.1, 0.15) is 22.8 Å². The van der Waals surface area contributed by atoms with Gasteiger partial charge < -0.3 is 9.47 Å². The summed E-state index contributed by atoms with van der Waals surface area (Å²) in [5.74, 6) is 0.609. The minimum absolute atomic E-state index is 0.0599. The zero-order valence-electron chi connectivity index (χ0n) is 14.2. The first-order chi connectivity index (χ1) is 11.4. The summed E-state index contributed by atoms with van der Waals surface area (Å²) in [6.45, 7) is 2.11. The molecule has 0 bridgehead atoms. The molecule has 1 atom stereocenters. The van der Waals surface area contributed by atoms with Crippen molar-refractivity contribution in [1.29, 1.82) is 0 Å². The fourth-order valence-electron chi connectivity index (χ4n) is 2.41. The molecule has 0 aliphatic heterocycles. The van der Waals surface area contributed by atoms with Gasteiger partial charge in [0, 0.05) is 19.2 Å². The lowest BCUT2D eigenvalue weighted by Crippen LogP contribution is -2.30. The molecule has 0 unspecified atom stereocenters. The number of hydrogen-bond acceptors (Lipinski definition) is 4. The Hall–Kier alpha value is -1.89. The number of hydrogen-bond donors (Lipinski definition) is 1. The minimum atomic E-state index is -3.45. The predicted molar refractivity (Wildman–Crippen MR) is 94.5 cm³/mol. The molecule has 0 aliphatic carbocycles. The topological polar surface area (TPSA) is 64.6 Å². The van der Waals surface area contributed by atoms with Crippen LogP contribution in [0.3, 0.4) is 0 Å². The number of ether oxygens (including phenoxy) is 2. The minimum Gasteiger partial charge on any atom is -0.496 e. The Morgan fingerprint density at radius 3 is 2.33 bits per heavy atom. The van der Waals surface area contributed by atoms with E-state index in [1.807, 2.05) is 55.5 Å². The second-order valence-corrected chi connectivity index (χ2v) is 7.37. The Labute approximate surface area is 143 Å². The first kappa shape index (κ1) is 18.4. The molecular weight excluding hydrogens is 326 g/mol. The van der Waals surface area contributed by atoms with E-state index in [1.54, 1.807) is 14.2 Å². The molecule has 0 heterocycles. The van der Waals surface area contributed by atoms with Gasteiger partial charge in [0.25, 0.3) is 0 Å². The van der Waals surface area contributed by atoms with Gasteiger partial charge in [0.05, 0.1) is 19.0 Å². The Kier molecular flexibility index (Phi) is 6.36. The van der Waals surface area contributed by atoms with Crippen molar-refractivity contribution < 1.29 is 17.9 Å². The van der Waals surface area contributed by atoms with Crippen LogP contribution >= 0.6 is 0 Å². The average Bonchev–Trinajstić information content (AvgIpc) is 2.57. The molecule has 5 nitrogen and oxygen atoms in total. The first-order valence-electron chi connectivity index (χ1n) is 7.64. The van der Waals surface area contributed by atoms with E-state index in [0.717, 1.165) is 16.7 Å². The summed E-state index contributed by atoms with van der Waals surface area (Å²) < 4.78 is 37.9. The average molecular weight is 349 g/mol. The fourth-order valence-corrected chi connectivity index (χ4v) is 3.55. The van der Waals surface area contributed by atoms with Crippen LogP contribution in [-0.2, 0) is 20.5 Å². The van der Waals surface area contributed by atoms with E-state index < -0.39 is 16.1 Å². The molecule has 0 amide bonds. The molecule has 0 saturated heterocycles. The third-order valence-electron chi connectivity index (χ3n) is 3.74. The molecule has 1 N–H and O–H groups in total. The van der Waals surface area contributed by atoms with Crippen molar-refractivity contribution in [2.75, 3.05) is 20.8 Å². The Morgan fingerprint density at radius 1 is 1.04 bits per heavy atom.